The van der Waals surface area contributed by atoms with Gasteiger partial charge in [0.05, 0.1) is 23.6 Å². The van der Waals surface area contributed by atoms with E-state index in [-0.39, 0.29) is 12.1 Å². The molecule has 10 heteroatoms. The number of carbonyl (C=O) groups excluding carboxylic acids is 1. The lowest BCUT2D eigenvalue weighted by Crippen LogP contribution is -2.22. The van der Waals surface area contributed by atoms with Gasteiger partial charge < -0.3 is 5.32 Å². The SMILES string of the molecule is Cc1nn(Cc2ccc(Cl)cc2)c(C)c1NC(=O)Cn1nc(C(F)(F)F)c2c1CCCCC2. The van der Waals surface area contributed by atoms with Crippen LogP contribution in [0.4, 0.5) is 18.9 Å². The van der Waals surface area contributed by atoms with Gasteiger partial charge in [0.25, 0.3) is 0 Å². The summed E-state index contributed by atoms with van der Waals surface area (Å²) in [7, 11) is 0. The summed E-state index contributed by atoms with van der Waals surface area (Å²) in [5.74, 6) is -0.435. The third kappa shape index (κ3) is 5.08. The van der Waals surface area contributed by atoms with Gasteiger partial charge in [0, 0.05) is 16.3 Å². The molecule has 0 fully saturated rings. The van der Waals surface area contributed by atoms with E-state index in [0.717, 1.165) is 24.1 Å². The van der Waals surface area contributed by atoms with Gasteiger partial charge in [-0.25, -0.2) is 0 Å². The van der Waals surface area contributed by atoms with E-state index in [1.54, 1.807) is 23.7 Å². The number of hydrogen-bond acceptors (Lipinski definition) is 3. The van der Waals surface area contributed by atoms with Crippen molar-refractivity contribution < 1.29 is 18.0 Å². The number of nitrogens with zero attached hydrogens (tertiary/aromatic N) is 4. The van der Waals surface area contributed by atoms with E-state index in [4.69, 9.17) is 11.6 Å². The third-order valence-corrected chi connectivity index (χ3v) is 6.21. The summed E-state index contributed by atoms with van der Waals surface area (Å²) < 4.78 is 43.6. The molecule has 0 atom stereocenters. The number of halogens is 4. The Morgan fingerprint density at radius 3 is 2.45 bits per heavy atom. The predicted molar refractivity (Wildman–Crippen MR) is 119 cm³/mol. The molecule has 1 aliphatic carbocycles. The Bertz CT molecular complexity index is 1160. The molecule has 176 valence electrons. The van der Waals surface area contributed by atoms with E-state index < -0.39 is 17.8 Å². The summed E-state index contributed by atoms with van der Waals surface area (Å²) >= 11 is 5.94. The van der Waals surface area contributed by atoms with Crippen LogP contribution >= 0.6 is 11.6 Å². The van der Waals surface area contributed by atoms with Crippen molar-refractivity contribution in [3.8, 4) is 0 Å². The van der Waals surface area contributed by atoms with Gasteiger partial charge in [-0.2, -0.15) is 23.4 Å². The van der Waals surface area contributed by atoms with Crippen molar-refractivity contribution in [3.63, 3.8) is 0 Å². The standard InChI is InChI=1S/C23H25ClF3N5O/c1-14-21(15(2)31(29-14)12-16-8-10-17(24)11-9-16)28-20(33)13-32-19-7-5-3-4-6-18(19)22(30-32)23(25,26)27/h8-11H,3-7,12-13H2,1-2H3,(H,28,33). The van der Waals surface area contributed by atoms with Crippen molar-refractivity contribution in [1.82, 2.24) is 19.6 Å². The number of rotatable bonds is 5. The van der Waals surface area contributed by atoms with Gasteiger partial charge in [0.2, 0.25) is 5.91 Å². The monoisotopic (exact) mass is 479 g/mol. The second-order valence-electron chi connectivity index (χ2n) is 8.37. The van der Waals surface area contributed by atoms with Crippen LogP contribution in [-0.4, -0.2) is 25.5 Å². The molecule has 2 heterocycles. The Kier molecular flexibility index (Phi) is 6.52. The minimum Gasteiger partial charge on any atom is -0.321 e. The van der Waals surface area contributed by atoms with Crippen molar-refractivity contribution in [3.05, 3.63) is 63.2 Å². The maximum Gasteiger partial charge on any atom is 0.435 e. The zero-order chi connectivity index (χ0) is 23.8. The molecule has 1 amide bonds. The average Bonchev–Trinajstić information content (AvgIpc) is 3.09. The molecule has 0 bridgehead atoms. The van der Waals surface area contributed by atoms with Gasteiger partial charge in [-0.1, -0.05) is 30.2 Å². The highest BCUT2D eigenvalue weighted by Crippen LogP contribution is 2.35. The summed E-state index contributed by atoms with van der Waals surface area (Å²) in [6.45, 7) is 3.84. The van der Waals surface area contributed by atoms with E-state index in [9.17, 15) is 18.0 Å². The molecular weight excluding hydrogens is 455 g/mol. The van der Waals surface area contributed by atoms with Crippen LogP contribution in [0.25, 0.3) is 0 Å². The van der Waals surface area contributed by atoms with Crippen LogP contribution in [0.5, 0.6) is 0 Å². The van der Waals surface area contributed by atoms with Gasteiger partial charge in [-0.05, 0) is 57.2 Å². The highest BCUT2D eigenvalue weighted by atomic mass is 35.5. The summed E-state index contributed by atoms with van der Waals surface area (Å²) in [6.07, 6.45) is -1.37. The molecule has 0 unspecified atom stereocenters. The molecule has 3 aromatic rings. The molecule has 0 radical (unpaired) electrons. The molecule has 6 nitrogen and oxygen atoms in total. The maximum absolute atomic E-state index is 13.5. The number of alkyl halides is 3. The lowest BCUT2D eigenvalue weighted by molar-refractivity contribution is -0.142. The third-order valence-electron chi connectivity index (χ3n) is 5.96. The van der Waals surface area contributed by atoms with Crippen molar-refractivity contribution in [2.45, 2.75) is 65.2 Å². The number of anilines is 1. The number of fused-ring (bicyclic) bond motifs is 1. The van der Waals surface area contributed by atoms with Crippen LogP contribution in [0.3, 0.4) is 0 Å². The predicted octanol–water partition coefficient (Wildman–Crippen LogP) is 5.32. The fourth-order valence-electron chi connectivity index (χ4n) is 4.32. The Hall–Kier alpha value is -2.81. The normalized spacial score (nSPS) is 14.1. The molecular formula is C23H25ClF3N5O. The summed E-state index contributed by atoms with van der Waals surface area (Å²) in [5, 5.41) is 11.8. The van der Waals surface area contributed by atoms with Crippen LogP contribution in [-0.2, 0) is 36.9 Å². The number of nitrogens with one attached hydrogen (secondary N) is 1. The number of benzene rings is 1. The molecule has 0 spiro atoms. The molecule has 0 saturated heterocycles. The first-order valence-corrected chi connectivity index (χ1v) is 11.3. The van der Waals surface area contributed by atoms with Crippen LogP contribution in [0, 0.1) is 13.8 Å². The summed E-state index contributed by atoms with van der Waals surface area (Å²) in [4.78, 5) is 12.8. The van der Waals surface area contributed by atoms with E-state index >= 15 is 0 Å². The fraction of sp³-hybridized carbons (Fsp3) is 0.435. The molecule has 0 saturated carbocycles. The number of aryl methyl sites for hydroxylation is 1. The first kappa shape index (κ1) is 23.4. The number of hydrogen-bond donors (Lipinski definition) is 1. The topological polar surface area (TPSA) is 64.7 Å². The highest BCUT2D eigenvalue weighted by molar-refractivity contribution is 6.30. The maximum atomic E-state index is 13.5. The van der Waals surface area contributed by atoms with E-state index in [0.29, 0.717) is 47.9 Å². The number of aromatic nitrogens is 4. The Morgan fingerprint density at radius 2 is 1.76 bits per heavy atom. The molecule has 0 aliphatic heterocycles. The molecule has 1 aromatic carbocycles. The van der Waals surface area contributed by atoms with E-state index in [1.165, 1.54) is 4.68 Å². The summed E-state index contributed by atoms with van der Waals surface area (Å²) in [5.41, 5.74) is 2.83. The Balaban J connectivity index is 1.53. The first-order valence-electron chi connectivity index (χ1n) is 10.9. The number of amides is 1. The van der Waals surface area contributed by atoms with Crippen LogP contribution < -0.4 is 5.32 Å². The van der Waals surface area contributed by atoms with Crippen LogP contribution in [0.15, 0.2) is 24.3 Å². The molecule has 1 aliphatic rings. The van der Waals surface area contributed by atoms with Crippen molar-refractivity contribution in [1.29, 1.82) is 0 Å². The zero-order valence-corrected chi connectivity index (χ0v) is 19.2. The van der Waals surface area contributed by atoms with E-state index in [2.05, 4.69) is 15.5 Å². The van der Waals surface area contributed by atoms with Gasteiger partial charge >= 0.3 is 6.18 Å². The largest absolute Gasteiger partial charge is 0.435 e. The van der Waals surface area contributed by atoms with E-state index in [1.807, 2.05) is 19.1 Å². The van der Waals surface area contributed by atoms with Gasteiger partial charge in [0.1, 0.15) is 6.54 Å². The van der Waals surface area contributed by atoms with Crippen molar-refractivity contribution in [2.75, 3.05) is 5.32 Å². The Morgan fingerprint density at radius 1 is 1.06 bits per heavy atom. The average molecular weight is 480 g/mol. The minimum atomic E-state index is -4.54. The quantitative estimate of drug-likeness (QED) is 0.503. The Labute approximate surface area is 194 Å². The smallest absolute Gasteiger partial charge is 0.321 e. The van der Waals surface area contributed by atoms with Crippen LogP contribution in [0.2, 0.25) is 5.02 Å². The van der Waals surface area contributed by atoms with Gasteiger partial charge in [-0.3, -0.25) is 14.2 Å². The highest BCUT2D eigenvalue weighted by Gasteiger charge is 2.39. The second kappa shape index (κ2) is 9.21. The first-order chi connectivity index (χ1) is 15.6. The lowest BCUT2D eigenvalue weighted by atomic mass is 10.1. The fourth-order valence-corrected chi connectivity index (χ4v) is 4.44. The van der Waals surface area contributed by atoms with Crippen LogP contribution in [0.1, 0.15) is 53.2 Å². The van der Waals surface area contributed by atoms with Gasteiger partial charge in [0.15, 0.2) is 5.69 Å². The molecule has 1 N–H and O–H groups in total. The minimum absolute atomic E-state index is 0.232. The van der Waals surface area contributed by atoms with Crippen molar-refractivity contribution >= 4 is 23.2 Å². The second-order valence-corrected chi connectivity index (χ2v) is 8.80. The molecule has 33 heavy (non-hydrogen) atoms. The summed E-state index contributed by atoms with van der Waals surface area (Å²) in [6, 6.07) is 7.40. The molecule has 2 aromatic heterocycles. The lowest BCUT2D eigenvalue weighted by Gasteiger charge is -2.10. The number of carbonyl (C=O) groups is 1. The molecule has 4 rings (SSSR count). The van der Waals surface area contributed by atoms with Gasteiger partial charge in [-0.15, -0.1) is 0 Å². The van der Waals surface area contributed by atoms with Crippen molar-refractivity contribution in [2.24, 2.45) is 0 Å². The zero-order valence-electron chi connectivity index (χ0n) is 18.5.